The zero-order valence-corrected chi connectivity index (χ0v) is 16.7. The van der Waals surface area contributed by atoms with E-state index in [-0.39, 0.29) is 17.2 Å². The molecule has 0 spiro atoms. The summed E-state index contributed by atoms with van der Waals surface area (Å²) in [6, 6.07) is 14.1. The van der Waals surface area contributed by atoms with Crippen molar-refractivity contribution in [3.63, 3.8) is 0 Å². The van der Waals surface area contributed by atoms with Crippen LogP contribution in [0.1, 0.15) is 48.5 Å². The molecule has 2 aromatic rings. The molecule has 1 aliphatic carbocycles. The lowest BCUT2D eigenvalue weighted by Crippen LogP contribution is -2.50. The van der Waals surface area contributed by atoms with Gasteiger partial charge in [0.15, 0.2) is 0 Å². The Balaban J connectivity index is 1.78. The van der Waals surface area contributed by atoms with Crippen molar-refractivity contribution >= 4 is 33.2 Å². The first-order valence-electron chi connectivity index (χ1n) is 9.03. The topological polar surface area (TPSA) is 75.3 Å². The molecule has 1 fully saturated rings. The summed E-state index contributed by atoms with van der Waals surface area (Å²) >= 11 is 5.97. The van der Waals surface area contributed by atoms with Crippen molar-refractivity contribution < 1.29 is 13.2 Å². The van der Waals surface area contributed by atoms with Gasteiger partial charge in [0.1, 0.15) is 0 Å². The summed E-state index contributed by atoms with van der Waals surface area (Å²) in [6.07, 6.45) is 3.30. The van der Waals surface area contributed by atoms with Gasteiger partial charge in [0.05, 0.1) is 11.3 Å². The van der Waals surface area contributed by atoms with Gasteiger partial charge >= 0.3 is 0 Å². The molecule has 0 atom stereocenters. The van der Waals surface area contributed by atoms with Gasteiger partial charge in [-0.25, -0.2) is 8.42 Å². The maximum absolute atomic E-state index is 12.8. The third kappa shape index (κ3) is 4.62. The maximum atomic E-state index is 12.8. The molecule has 1 saturated carbocycles. The Hall–Kier alpha value is -2.05. The summed E-state index contributed by atoms with van der Waals surface area (Å²) in [6.45, 7) is 1.80. The fourth-order valence-corrected chi connectivity index (χ4v) is 4.55. The summed E-state index contributed by atoms with van der Waals surface area (Å²) in [5.74, 6) is -0.176. The minimum Gasteiger partial charge on any atom is -0.343 e. The second-order valence-electron chi connectivity index (χ2n) is 6.90. The lowest BCUT2D eigenvalue weighted by Gasteiger charge is -2.43. The zero-order valence-electron chi connectivity index (χ0n) is 15.2. The van der Waals surface area contributed by atoms with E-state index in [9.17, 15) is 13.2 Å². The summed E-state index contributed by atoms with van der Waals surface area (Å²) in [5.41, 5.74) is 1.46. The molecule has 7 heteroatoms. The molecule has 2 aromatic carbocycles. The van der Waals surface area contributed by atoms with Crippen LogP contribution < -0.4 is 10.0 Å². The summed E-state index contributed by atoms with van der Waals surface area (Å²) in [4.78, 5) is 12.8. The number of carbonyl (C=O) groups excluding carboxylic acids is 1. The number of amides is 1. The van der Waals surface area contributed by atoms with Crippen molar-refractivity contribution in [2.75, 3.05) is 10.5 Å². The van der Waals surface area contributed by atoms with Crippen LogP contribution in [-0.4, -0.2) is 20.1 Å². The molecule has 0 saturated heterocycles. The van der Waals surface area contributed by atoms with Crippen LogP contribution in [0.4, 0.5) is 5.69 Å². The molecule has 0 aromatic heterocycles. The first-order valence-corrected chi connectivity index (χ1v) is 11.1. The monoisotopic (exact) mass is 406 g/mol. The van der Waals surface area contributed by atoms with E-state index in [1.807, 2.05) is 24.3 Å². The fourth-order valence-electron chi connectivity index (χ4n) is 3.30. The number of sulfonamides is 1. The molecule has 1 amide bonds. The molecule has 0 bridgehead atoms. The molecular formula is C20H23ClN2O3S. The second-order valence-corrected chi connectivity index (χ2v) is 9.18. The first-order chi connectivity index (χ1) is 12.8. The number of rotatable bonds is 7. The summed E-state index contributed by atoms with van der Waals surface area (Å²) < 4.78 is 26.4. The number of anilines is 1. The average Bonchev–Trinajstić information content (AvgIpc) is 2.58. The highest BCUT2D eigenvalue weighted by Gasteiger charge is 2.40. The van der Waals surface area contributed by atoms with E-state index in [1.165, 1.54) is 0 Å². The van der Waals surface area contributed by atoms with E-state index < -0.39 is 10.0 Å². The molecule has 5 nitrogen and oxygen atoms in total. The SMILES string of the molecule is CCCS(=O)(=O)Nc1cccc(C(=O)NC2(c3ccc(Cl)cc3)CCC2)c1. The molecule has 3 rings (SSSR count). The van der Waals surface area contributed by atoms with Gasteiger partial charge in [-0.1, -0.05) is 36.7 Å². The van der Waals surface area contributed by atoms with Crippen LogP contribution in [0, 0.1) is 0 Å². The average molecular weight is 407 g/mol. The van der Waals surface area contributed by atoms with Crippen LogP contribution >= 0.6 is 11.6 Å². The summed E-state index contributed by atoms with van der Waals surface area (Å²) in [5, 5.41) is 3.80. The van der Waals surface area contributed by atoms with Crippen LogP contribution in [0.15, 0.2) is 48.5 Å². The Morgan fingerprint density at radius 1 is 1.15 bits per heavy atom. The number of benzene rings is 2. The minimum atomic E-state index is -3.40. The van der Waals surface area contributed by atoms with Crippen LogP contribution in [0.25, 0.3) is 0 Å². The van der Waals surface area contributed by atoms with E-state index in [0.29, 0.717) is 22.7 Å². The smallest absolute Gasteiger partial charge is 0.252 e. The van der Waals surface area contributed by atoms with Crippen LogP contribution in [0.5, 0.6) is 0 Å². The molecule has 0 heterocycles. The highest BCUT2D eigenvalue weighted by Crippen LogP contribution is 2.41. The van der Waals surface area contributed by atoms with Crippen molar-refractivity contribution in [3.05, 3.63) is 64.7 Å². The normalized spacial score (nSPS) is 15.6. The number of hydrogen-bond acceptors (Lipinski definition) is 3. The van der Waals surface area contributed by atoms with E-state index in [1.54, 1.807) is 31.2 Å². The Morgan fingerprint density at radius 3 is 2.44 bits per heavy atom. The standard InChI is InChI=1S/C20H23ClN2O3S/c1-2-13-27(25,26)23-18-6-3-5-15(14-18)19(24)22-20(11-4-12-20)16-7-9-17(21)10-8-16/h3,5-10,14,23H,2,4,11-13H2,1H3,(H,22,24). The third-order valence-electron chi connectivity index (χ3n) is 4.83. The quantitative estimate of drug-likeness (QED) is 0.719. The molecular weight excluding hydrogens is 384 g/mol. The first kappa shape index (κ1) is 19.7. The maximum Gasteiger partial charge on any atom is 0.252 e. The van der Waals surface area contributed by atoms with Gasteiger partial charge in [-0.05, 0) is 61.6 Å². The van der Waals surface area contributed by atoms with E-state index in [0.717, 1.165) is 24.8 Å². The van der Waals surface area contributed by atoms with Gasteiger partial charge in [0.25, 0.3) is 5.91 Å². The Labute approximate surface area is 165 Å². The van der Waals surface area contributed by atoms with Crippen molar-refractivity contribution in [1.29, 1.82) is 0 Å². The van der Waals surface area contributed by atoms with E-state index in [4.69, 9.17) is 11.6 Å². The van der Waals surface area contributed by atoms with Gasteiger partial charge in [0.2, 0.25) is 10.0 Å². The minimum absolute atomic E-state index is 0.0447. The van der Waals surface area contributed by atoms with Crippen molar-refractivity contribution in [3.8, 4) is 0 Å². The van der Waals surface area contributed by atoms with Gasteiger partial charge in [-0.15, -0.1) is 0 Å². The van der Waals surface area contributed by atoms with Crippen LogP contribution in [-0.2, 0) is 15.6 Å². The Morgan fingerprint density at radius 2 is 1.85 bits per heavy atom. The van der Waals surface area contributed by atoms with Crippen LogP contribution in [0.3, 0.4) is 0 Å². The van der Waals surface area contributed by atoms with E-state index >= 15 is 0 Å². The number of halogens is 1. The number of nitrogens with one attached hydrogen (secondary N) is 2. The van der Waals surface area contributed by atoms with Gasteiger partial charge in [-0.2, -0.15) is 0 Å². The Kier molecular flexibility index (Phi) is 5.77. The molecule has 0 unspecified atom stereocenters. The second kappa shape index (κ2) is 7.90. The van der Waals surface area contributed by atoms with E-state index in [2.05, 4.69) is 10.0 Å². The third-order valence-corrected chi connectivity index (χ3v) is 6.57. The molecule has 0 radical (unpaired) electrons. The largest absolute Gasteiger partial charge is 0.343 e. The van der Waals surface area contributed by atoms with Gasteiger partial charge in [-0.3, -0.25) is 9.52 Å². The predicted octanol–water partition coefficient (Wildman–Crippen LogP) is 4.30. The number of carbonyl (C=O) groups is 1. The number of hydrogen-bond donors (Lipinski definition) is 2. The highest BCUT2D eigenvalue weighted by molar-refractivity contribution is 7.92. The molecule has 144 valence electrons. The molecule has 2 N–H and O–H groups in total. The molecule has 0 aliphatic heterocycles. The van der Waals surface area contributed by atoms with Gasteiger partial charge in [0, 0.05) is 16.3 Å². The zero-order chi connectivity index (χ0) is 19.5. The molecule has 27 heavy (non-hydrogen) atoms. The fraction of sp³-hybridized carbons (Fsp3) is 0.350. The Bertz CT molecular complexity index is 922. The predicted molar refractivity (Wildman–Crippen MR) is 109 cm³/mol. The van der Waals surface area contributed by atoms with Crippen molar-refractivity contribution in [1.82, 2.24) is 5.32 Å². The van der Waals surface area contributed by atoms with Crippen LogP contribution in [0.2, 0.25) is 5.02 Å². The van der Waals surface area contributed by atoms with Gasteiger partial charge < -0.3 is 5.32 Å². The molecule has 1 aliphatic rings. The lowest BCUT2D eigenvalue weighted by atomic mass is 9.71. The van der Waals surface area contributed by atoms with Crippen molar-refractivity contribution in [2.45, 2.75) is 38.1 Å². The highest BCUT2D eigenvalue weighted by atomic mass is 35.5. The van der Waals surface area contributed by atoms with Crippen molar-refractivity contribution in [2.24, 2.45) is 0 Å². The summed E-state index contributed by atoms with van der Waals surface area (Å²) in [7, 11) is -3.40. The lowest BCUT2D eigenvalue weighted by molar-refractivity contribution is 0.0823.